The summed E-state index contributed by atoms with van der Waals surface area (Å²) in [6.07, 6.45) is 12.0. The van der Waals surface area contributed by atoms with Crippen molar-refractivity contribution in [1.82, 2.24) is 10.2 Å². The molecule has 2 aliphatic rings. The first-order valence-electron chi connectivity index (χ1n) is 8.24. The van der Waals surface area contributed by atoms with E-state index in [1.165, 1.54) is 57.8 Å². The molecule has 0 aromatic carbocycles. The van der Waals surface area contributed by atoms with Gasteiger partial charge in [-0.1, -0.05) is 46.0 Å². The fourth-order valence-electron chi connectivity index (χ4n) is 3.65. The minimum Gasteiger partial charge on any atom is -0.360 e. The Labute approximate surface area is 124 Å². The smallest absolute Gasteiger partial charge is 0.169 e. The molecule has 1 saturated carbocycles. The van der Waals surface area contributed by atoms with Crippen LogP contribution in [0.15, 0.2) is 0 Å². The molecule has 0 unspecified atom stereocenters. The summed E-state index contributed by atoms with van der Waals surface area (Å²) in [6, 6.07) is 0.644. The maximum atomic E-state index is 5.62. The van der Waals surface area contributed by atoms with Crippen LogP contribution in [-0.4, -0.2) is 29.1 Å². The molecule has 2 nitrogen and oxygen atoms in total. The maximum Gasteiger partial charge on any atom is 0.169 e. The van der Waals surface area contributed by atoms with Crippen molar-refractivity contribution in [3.05, 3.63) is 0 Å². The molecule has 2 fully saturated rings. The van der Waals surface area contributed by atoms with Crippen LogP contribution in [0.5, 0.6) is 0 Å². The summed E-state index contributed by atoms with van der Waals surface area (Å²) in [5.41, 5.74) is 0.594. The third-order valence-electron chi connectivity index (χ3n) is 5.54. The summed E-state index contributed by atoms with van der Waals surface area (Å²) in [5.74, 6) is 0. The van der Waals surface area contributed by atoms with Gasteiger partial charge in [0.25, 0.3) is 0 Å². The zero-order valence-electron chi connectivity index (χ0n) is 12.7. The average molecular weight is 282 g/mol. The summed E-state index contributed by atoms with van der Waals surface area (Å²) in [4.78, 5) is 2.41. The van der Waals surface area contributed by atoms with Gasteiger partial charge >= 0.3 is 0 Å². The molecule has 0 aromatic heterocycles. The largest absolute Gasteiger partial charge is 0.360 e. The van der Waals surface area contributed by atoms with E-state index in [2.05, 4.69) is 24.1 Å². The quantitative estimate of drug-likeness (QED) is 0.785. The van der Waals surface area contributed by atoms with E-state index < -0.39 is 0 Å². The van der Waals surface area contributed by atoms with Crippen molar-refractivity contribution in [3.8, 4) is 0 Å². The maximum absolute atomic E-state index is 5.62. The van der Waals surface area contributed by atoms with Crippen LogP contribution in [0.1, 0.15) is 71.6 Å². The van der Waals surface area contributed by atoms with Crippen molar-refractivity contribution in [2.24, 2.45) is 5.41 Å². The lowest BCUT2D eigenvalue weighted by molar-refractivity contribution is 0.134. The van der Waals surface area contributed by atoms with Gasteiger partial charge in [0.1, 0.15) is 0 Å². The molecule has 0 atom stereocenters. The van der Waals surface area contributed by atoms with E-state index in [4.69, 9.17) is 12.2 Å². The molecule has 1 aliphatic heterocycles. The molecule has 1 heterocycles. The van der Waals surface area contributed by atoms with Crippen molar-refractivity contribution in [2.45, 2.75) is 77.7 Å². The molecule has 0 spiro atoms. The number of piperidine rings is 1. The predicted octanol–water partition coefficient (Wildman–Crippen LogP) is 4.10. The van der Waals surface area contributed by atoms with Gasteiger partial charge in [-0.2, -0.15) is 0 Å². The third-order valence-corrected chi connectivity index (χ3v) is 5.92. The van der Waals surface area contributed by atoms with Crippen LogP contribution in [0.25, 0.3) is 0 Å². The first kappa shape index (κ1) is 15.1. The molecule has 1 saturated heterocycles. The molecule has 19 heavy (non-hydrogen) atoms. The highest BCUT2D eigenvalue weighted by atomic mass is 32.1. The Bertz CT molecular complexity index is 283. The Hall–Kier alpha value is -0.310. The average Bonchev–Trinajstić information content (AvgIpc) is 2.48. The van der Waals surface area contributed by atoms with Crippen molar-refractivity contribution < 1.29 is 0 Å². The van der Waals surface area contributed by atoms with Crippen LogP contribution in [0.4, 0.5) is 0 Å². The fourth-order valence-corrected chi connectivity index (χ4v) is 4.00. The van der Waals surface area contributed by atoms with E-state index in [-0.39, 0.29) is 0 Å². The number of hydrogen-bond acceptors (Lipinski definition) is 1. The normalized spacial score (nSPS) is 24.2. The topological polar surface area (TPSA) is 15.3 Å². The van der Waals surface area contributed by atoms with Crippen molar-refractivity contribution in [2.75, 3.05) is 13.1 Å². The fraction of sp³-hybridized carbons (Fsp3) is 0.938. The van der Waals surface area contributed by atoms with E-state index in [0.29, 0.717) is 11.5 Å². The SMILES string of the molecule is CCC1(CC)CCN(C(=S)NC2CCCCC2)CC1. The van der Waals surface area contributed by atoms with E-state index in [1.807, 2.05) is 0 Å². The van der Waals surface area contributed by atoms with Gasteiger partial charge in [0.2, 0.25) is 0 Å². The van der Waals surface area contributed by atoms with Crippen LogP contribution in [0, 0.1) is 5.41 Å². The number of hydrogen-bond donors (Lipinski definition) is 1. The molecule has 3 heteroatoms. The van der Waals surface area contributed by atoms with E-state index in [1.54, 1.807) is 0 Å². The number of likely N-dealkylation sites (tertiary alicyclic amines) is 1. The Kier molecular flexibility index (Phi) is 5.49. The van der Waals surface area contributed by atoms with Gasteiger partial charge in [-0.25, -0.2) is 0 Å². The summed E-state index contributed by atoms with van der Waals surface area (Å²) in [6.45, 7) is 7.00. The van der Waals surface area contributed by atoms with Crippen LogP contribution in [0.3, 0.4) is 0 Å². The first-order valence-corrected chi connectivity index (χ1v) is 8.65. The van der Waals surface area contributed by atoms with Crippen LogP contribution in [0.2, 0.25) is 0 Å². The molecule has 0 bridgehead atoms. The lowest BCUT2D eigenvalue weighted by Gasteiger charge is -2.42. The Balaban J connectivity index is 1.78. The zero-order chi connectivity index (χ0) is 13.7. The van der Waals surface area contributed by atoms with E-state index >= 15 is 0 Å². The zero-order valence-corrected chi connectivity index (χ0v) is 13.5. The van der Waals surface area contributed by atoms with Gasteiger partial charge in [-0.15, -0.1) is 0 Å². The molecule has 1 N–H and O–H groups in total. The lowest BCUT2D eigenvalue weighted by Crippen LogP contribution is -2.49. The highest BCUT2D eigenvalue weighted by molar-refractivity contribution is 7.80. The highest BCUT2D eigenvalue weighted by Crippen LogP contribution is 2.37. The van der Waals surface area contributed by atoms with E-state index in [0.717, 1.165) is 18.2 Å². The molecule has 0 aromatic rings. The molecule has 110 valence electrons. The van der Waals surface area contributed by atoms with Crippen molar-refractivity contribution in [1.29, 1.82) is 0 Å². The minimum absolute atomic E-state index is 0.594. The van der Waals surface area contributed by atoms with Gasteiger partial charge in [-0.05, 0) is 43.3 Å². The number of rotatable bonds is 3. The molecule has 0 radical (unpaired) electrons. The summed E-state index contributed by atoms with van der Waals surface area (Å²) in [7, 11) is 0. The minimum atomic E-state index is 0.594. The van der Waals surface area contributed by atoms with Gasteiger partial charge in [0.15, 0.2) is 5.11 Å². The predicted molar refractivity (Wildman–Crippen MR) is 86.4 cm³/mol. The standard InChI is InChI=1S/C16H30N2S/c1-3-16(4-2)10-12-18(13-11-16)15(19)17-14-8-6-5-7-9-14/h14H,3-13H2,1-2H3,(H,17,19). The first-order chi connectivity index (χ1) is 9.19. The Morgan fingerprint density at radius 3 is 2.21 bits per heavy atom. The molecular weight excluding hydrogens is 252 g/mol. The van der Waals surface area contributed by atoms with Gasteiger partial charge in [0.05, 0.1) is 0 Å². The second kappa shape index (κ2) is 6.92. The Morgan fingerprint density at radius 1 is 1.11 bits per heavy atom. The lowest BCUT2D eigenvalue weighted by atomic mass is 9.74. The van der Waals surface area contributed by atoms with E-state index in [9.17, 15) is 0 Å². The second-order valence-electron chi connectivity index (χ2n) is 6.48. The van der Waals surface area contributed by atoms with Crippen LogP contribution in [-0.2, 0) is 0 Å². The van der Waals surface area contributed by atoms with Crippen LogP contribution < -0.4 is 5.32 Å². The third kappa shape index (κ3) is 3.84. The summed E-state index contributed by atoms with van der Waals surface area (Å²) in [5, 5.41) is 4.63. The molecule has 2 rings (SSSR count). The second-order valence-corrected chi connectivity index (χ2v) is 6.87. The monoisotopic (exact) mass is 282 g/mol. The summed E-state index contributed by atoms with van der Waals surface area (Å²) >= 11 is 5.62. The molecular formula is C16H30N2S. The van der Waals surface area contributed by atoms with Crippen molar-refractivity contribution >= 4 is 17.3 Å². The highest BCUT2D eigenvalue weighted by Gasteiger charge is 2.32. The molecule has 1 aliphatic carbocycles. The number of thiocarbonyl (C=S) groups is 1. The van der Waals surface area contributed by atoms with Crippen LogP contribution >= 0.6 is 12.2 Å². The number of nitrogens with zero attached hydrogens (tertiary/aromatic N) is 1. The summed E-state index contributed by atoms with van der Waals surface area (Å²) < 4.78 is 0. The number of nitrogens with one attached hydrogen (secondary N) is 1. The molecule has 0 amide bonds. The Morgan fingerprint density at radius 2 is 1.68 bits per heavy atom. The van der Waals surface area contributed by atoms with Gasteiger partial charge < -0.3 is 10.2 Å². The van der Waals surface area contributed by atoms with Gasteiger partial charge in [0, 0.05) is 19.1 Å². The van der Waals surface area contributed by atoms with Crippen molar-refractivity contribution in [3.63, 3.8) is 0 Å². The van der Waals surface area contributed by atoms with Gasteiger partial charge in [-0.3, -0.25) is 0 Å².